The van der Waals surface area contributed by atoms with Crippen molar-refractivity contribution in [1.82, 2.24) is 29.6 Å². The van der Waals surface area contributed by atoms with Gasteiger partial charge in [-0.05, 0) is 51.4 Å². The van der Waals surface area contributed by atoms with Crippen molar-refractivity contribution in [2.24, 2.45) is 0 Å². The first-order valence-corrected chi connectivity index (χ1v) is 10.7. The average Bonchev–Trinajstić information content (AvgIpc) is 3.20. The van der Waals surface area contributed by atoms with Crippen LogP contribution in [0.4, 0.5) is 17.5 Å². The summed E-state index contributed by atoms with van der Waals surface area (Å²) in [6.45, 7) is 8.52. The maximum atomic E-state index is 4.85. The molecule has 4 heterocycles. The Morgan fingerprint density at radius 3 is 2.47 bits per heavy atom. The van der Waals surface area contributed by atoms with Crippen molar-refractivity contribution < 1.29 is 0 Å². The van der Waals surface area contributed by atoms with Crippen LogP contribution >= 0.6 is 0 Å². The summed E-state index contributed by atoms with van der Waals surface area (Å²) >= 11 is 0. The number of nitrogens with zero attached hydrogens (tertiary/aromatic N) is 7. The Bertz CT molecular complexity index is 1030. The third-order valence-corrected chi connectivity index (χ3v) is 5.97. The third kappa shape index (κ3) is 3.52. The number of aryl methyl sites for hydroxylation is 2. The first-order valence-electron chi connectivity index (χ1n) is 10.7. The first-order chi connectivity index (χ1) is 14.6. The molecule has 1 saturated heterocycles. The van der Waals surface area contributed by atoms with Crippen LogP contribution in [-0.4, -0.2) is 62.9 Å². The van der Waals surface area contributed by atoms with E-state index in [0.717, 1.165) is 61.9 Å². The predicted octanol–water partition coefficient (Wildman–Crippen LogP) is 2.91. The molecule has 3 aromatic heterocycles. The molecule has 1 aliphatic carbocycles. The lowest BCUT2D eigenvalue weighted by Crippen LogP contribution is -2.44. The Kier molecular flexibility index (Phi) is 4.86. The molecule has 0 radical (unpaired) electrons. The minimum Gasteiger partial charge on any atom is -0.368 e. The molecule has 1 aliphatic heterocycles. The van der Waals surface area contributed by atoms with Gasteiger partial charge in [0.05, 0.1) is 29.5 Å². The normalized spacial score (nSPS) is 16.5. The summed E-state index contributed by atoms with van der Waals surface area (Å²) in [6.07, 6.45) is 7.78. The summed E-state index contributed by atoms with van der Waals surface area (Å²) in [7, 11) is 2.16. The van der Waals surface area contributed by atoms with Gasteiger partial charge in [-0.1, -0.05) is 0 Å². The smallest absolute Gasteiger partial charge is 0.228 e. The van der Waals surface area contributed by atoms with Crippen LogP contribution in [0.15, 0.2) is 30.7 Å². The number of fused-ring (bicyclic) bond motifs is 3. The van der Waals surface area contributed by atoms with Crippen molar-refractivity contribution in [3.8, 4) is 11.4 Å². The van der Waals surface area contributed by atoms with E-state index in [2.05, 4.69) is 61.8 Å². The highest BCUT2D eigenvalue weighted by atomic mass is 15.3. The minimum atomic E-state index is 0.287. The van der Waals surface area contributed by atoms with Gasteiger partial charge in [-0.25, -0.2) is 15.0 Å². The summed E-state index contributed by atoms with van der Waals surface area (Å²) in [5, 5.41) is 7.86. The maximum Gasteiger partial charge on any atom is 0.228 e. The van der Waals surface area contributed by atoms with Crippen LogP contribution in [0.25, 0.3) is 11.4 Å². The van der Waals surface area contributed by atoms with Gasteiger partial charge in [0.1, 0.15) is 5.82 Å². The number of pyridine rings is 1. The van der Waals surface area contributed by atoms with Gasteiger partial charge in [0.2, 0.25) is 5.95 Å². The van der Waals surface area contributed by atoms with E-state index in [1.54, 1.807) is 0 Å². The van der Waals surface area contributed by atoms with Gasteiger partial charge in [-0.3, -0.25) is 4.68 Å². The van der Waals surface area contributed by atoms with Gasteiger partial charge in [-0.2, -0.15) is 5.10 Å². The second-order valence-corrected chi connectivity index (χ2v) is 8.44. The third-order valence-electron chi connectivity index (χ3n) is 5.97. The molecule has 0 bridgehead atoms. The van der Waals surface area contributed by atoms with E-state index in [9.17, 15) is 0 Å². The van der Waals surface area contributed by atoms with Gasteiger partial charge in [-0.15, -0.1) is 0 Å². The van der Waals surface area contributed by atoms with Crippen LogP contribution in [0.3, 0.4) is 0 Å². The zero-order valence-corrected chi connectivity index (χ0v) is 17.8. The molecule has 1 N–H and O–H groups in total. The average molecular weight is 405 g/mol. The molecule has 0 saturated carbocycles. The topological polar surface area (TPSA) is 75.0 Å². The fourth-order valence-electron chi connectivity index (χ4n) is 4.18. The lowest BCUT2D eigenvalue weighted by molar-refractivity contribution is 0.313. The lowest BCUT2D eigenvalue weighted by atomic mass is 9.95. The molecule has 5 rings (SSSR count). The second-order valence-electron chi connectivity index (χ2n) is 8.44. The molecule has 8 heteroatoms. The summed E-state index contributed by atoms with van der Waals surface area (Å²) in [4.78, 5) is 18.7. The Morgan fingerprint density at radius 1 is 0.933 bits per heavy atom. The highest BCUT2D eigenvalue weighted by Gasteiger charge is 2.24. The van der Waals surface area contributed by atoms with Crippen LogP contribution < -0.4 is 10.2 Å². The van der Waals surface area contributed by atoms with Crippen molar-refractivity contribution in [3.63, 3.8) is 0 Å². The van der Waals surface area contributed by atoms with Crippen molar-refractivity contribution >= 4 is 17.5 Å². The molecule has 156 valence electrons. The molecular weight excluding hydrogens is 376 g/mol. The molecule has 3 aromatic rings. The van der Waals surface area contributed by atoms with Gasteiger partial charge in [0.25, 0.3) is 0 Å². The highest BCUT2D eigenvalue weighted by molar-refractivity contribution is 5.67. The van der Waals surface area contributed by atoms with E-state index < -0.39 is 0 Å². The van der Waals surface area contributed by atoms with E-state index >= 15 is 0 Å². The molecule has 0 aromatic carbocycles. The highest BCUT2D eigenvalue weighted by Crippen LogP contribution is 2.34. The van der Waals surface area contributed by atoms with E-state index in [-0.39, 0.29) is 6.04 Å². The van der Waals surface area contributed by atoms with E-state index in [1.807, 2.05) is 24.7 Å². The van der Waals surface area contributed by atoms with Crippen molar-refractivity contribution in [2.45, 2.75) is 32.7 Å². The molecule has 0 unspecified atom stereocenters. The number of likely N-dealkylation sites (N-methyl/N-ethyl adjacent to an activating group) is 1. The van der Waals surface area contributed by atoms with Crippen LogP contribution in [-0.2, 0) is 12.8 Å². The summed E-state index contributed by atoms with van der Waals surface area (Å²) < 4.78 is 2.06. The van der Waals surface area contributed by atoms with Gasteiger partial charge < -0.3 is 15.1 Å². The van der Waals surface area contributed by atoms with E-state index in [1.165, 1.54) is 11.1 Å². The number of anilines is 3. The fraction of sp³-hybridized carbons (Fsp3) is 0.455. The van der Waals surface area contributed by atoms with Crippen molar-refractivity contribution in [2.75, 3.05) is 43.4 Å². The van der Waals surface area contributed by atoms with Gasteiger partial charge in [0.15, 0.2) is 0 Å². The molecule has 0 atom stereocenters. The van der Waals surface area contributed by atoms with Crippen LogP contribution in [0.5, 0.6) is 0 Å². The molecule has 8 nitrogen and oxygen atoms in total. The molecule has 30 heavy (non-hydrogen) atoms. The number of hydrogen-bond donors (Lipinski definition) is 1. The Balaban J connectivity index is 1.37. The Morgan fingerprint density at radius 2 is 1.73 bits per heavy atom. The predicted molar refractivity (Wildman–Crippen MR) is 118 cm³/mol. The minimum absolute atomic E-state index is 0.287. The Labute approximate surface area is 177 Å². The zero-order chi connectivity index (χ0) is 20.7. The maximum absolute atomic E-state index is 4.85. The van der Waals surface area contributed by atoms with Crippen LogP contribution in [0.1, 0.15) is 31.0 Å². The summed E-state index contributed by atoms with van der Waals surface area (Å²) in [5.41, 5.74) is 5.69. The van der Waals surface area contributed by atoms with Gasteiger partial charge >= 0.3 is 0 Å². The van der Waals surface area contributed by atoms with Gasteiger partial charge in [0, 0.05) is 44.0 Å². The first kappa shape index (κ1) is 19.0. The van der Waals surface area contributed by atoms with Crippen molar-refractivity contribution in [3.05, 3.63) is 41.9 Å². The number of hydrogen-bond acceptors (Lipinski definition) is 7. The summed E-state index contributed by atoms with van der Waals surface area (Å²) in [6, 6.07) is 4.40. The molecule has 0 amide bonds. The van der Waals surface area contributed by atoms with Crippen LogP contribution in [0, 0.1) is 0 Å². The molecule has 2 aliphatic rings. The van der Waals surface area contributed by atoms with Crippen molar-refractivity contribution in [1.29, 1.82) is 0 Å². The quantitative estimate of drug-likeness (QED) is 0.717. The SMILES string of the molecule is CC(C)n1ncc2c1-c1nc(Nc3ccc(N4CCN(C)CC4)cn3)ncc1CC2. The molecule has 0 spiro atoms. The number of rotatable bonds is 4. The zero-order valence-electron chi connectivity index (χ0n) is 17.8. The van der Waals surface area contributed by atoms with Crippen LogP contribution in [0.2, 0.25) is 0 Å². The largest absolute Gasteiger partial charge is 0.368 e. The molecular formula is C22H28N8. The number of nitrogens with one attached hydrogen (secondary N) is 1. The fourth-order valence-corrected chi connectivity index (χ4v) is 4.18. The number of aromatic nitrogens is 5. The standard InChI is InChI=1S/C22H28N8/c1-15(2)30-21-17(13-25-30)5-4-16-12-24-22(27-20(16)21)26-19-7-6-18(14-23-19)29-10-8-28(3)9-11-29/h6-7,12-15H,4-5,8-11H2,1-3H3,(H,23,24,26,27). The molecule has 1 fully saturated rings. The number of piperazine rings is 1. The lowest BCUT2D eigenvalue weighted by Gasteiger charge is -2.33. The van der Waals surface area contributed by atoms with E-state index in [0.29, 0.717) is 5.95 Å². The second kappa shape index (κ2) is 7.68. The van der Waals surface area contributed by atoms with E-state index in [4.69, 9.17) is 4.98 Å². The monoisotopic (exact) mass is 404 g/mol. The Hall–Kier alpha value is -3.00. The summed E-state index contributed by atoms with van der Waals surface area (Å²) in [5.74, 6) is 1.32.